The van der Waals surface area contributed by atoms with Gasteiger partial charge in [0.1, 0.15) is 5.75 Å². The van der Waals surface area contributed by atoms with Crippen LogP contribution < -0.4 is 4.74 Å². The summed E-state index contributed by atoms with van der Waals surface area (Å²) < 4.78 is 5.60. The minimum atomic E-state index is -0.0247. The summed E-state index contributed by atoms with van der Waals surface area (Å²) in [5.41, 5.74) is 1.25. The number of nitrogens with zero attached hydrogens (tertiary/aromatic N) is 2. The number of hydrogen-bond acceptors (Lipinski definition) is 3. The Morgan fingerprint density at radius 3 is 2.26 bits per heavy atom. The molecule has 0 N–H and O–H groups in total. The average Bonchev–Trinajstić information content (AvgIpc) is 2.79. The lowest BCUT2D eigenvalue weighted by Crippen LogP contribution is -2.38. The molecule has 23 heavy (non-hydrogen) atoms. The molecular formula is C18H26N2O3. The van der Waals surface area contributed by atoms with Crippen molar-refractivity contribution in [2.75, 3.05) is 32.8 Å². The van der Waals surface area contributed by atoms with Crippen LogP contribution >= 0.6 is 0 Å². The topological polar surface area (TPSA) is 49.9 Å². The predicted octanol–water partition coefficient (Wildman–Crippen LogP) is 2.27. The van der Waals surface area contributed by atoms with Crippen molar-refractivity contribution in [3.8, 4) is 5.75 Å². The van der Waals surface area contributed by atoms with E-state index >= 15 is 0 Å². The highest BCUT2D eigenvalue weighted by Gasteiger charge is 2.20. The number of carbonyl (C=O) groups excluding carboxylic acids is 2. The van der Waals surface area contributed by atoms with Crippen molar-refractivity contribution in [1.82, 2.24) is 9.80 Å². The molecule has 1 heterocycles. The smallest absolute Gasteiger partial charge is 0.260 e. The van der Waals surface area contributed by atoms with E-state index in [9.17, 15) is 9.59 Å². The summed E-state index contributed by atoms with van der Waals surface area (Å²) in [7, 11) is 0. The van der Waals surface area contributed by atoms with Gasteiger partial charge in [0.15, 0.2) is 6.61 Å². The minimum absolute atomic E-state index is 0.0247. The van der Waals surface area contributed by atoms with E-state index in [1.54, 1.807) is 16.7 Å². The fourth-order valence-corrected chi connectivity index (χ4v) is 2.67. The van der Waals surface area contributed by atoms with Gasteiger partial charge < -0.3 is 14.5 Å². The first-order chi connectivity index (χ1) is 11.0. The fraction of sp³-hybridized carbons (Fsp3) is 0.556. The van der Waals surface area contributed by atoms with Crippen molar-refractivity contribution in [1.29, 1.82) is 0 Å². The highest BCUT2D eigenvalue weighted by molar-refractivity contribution is 5.78. The molecule has 1 aromatic rings. The van der Waals surface area contributed by atoms with Gasteiger partial charge in [0.05, 0.1) is 0 Å². The lowest BCUT2D eigenvalue weighted by atomic mass is 10.0. The van der Waals surface area contributed by atoms with E-state index in [0.717, 1.165) is 13.0 Å². The third-order valence-electron chi connectivity index (χ3n) is 4.20. The molecule has 1 saturated heterocycles. The summed E-state index contributed by atoms with van der Waals surface area (Å²) in [6, 6.07) is 7.87. The maximum atomic E-state index is 12.3. The molecule has 0 aromatic heterocycles. The molecule has 0 bridgehead atoms. The highest BCUT2D eigenvalue weighted by Crippen LogP contribution is 2.18. The third-order valence-corrected chi connectivity index (χ3v) is 4.20. The van der Waals surface area contributed by atoms with Gasteiger partial charge in [0, 0.05) is 33.1 Å². The van der Waals surface area contributed by atoms with Crippen LogP contribution in [0.4, 0.5) is 0 Å². The molecule has 1 aliphatic rings. The molecule has 0 aliphatic carbocycles. The van der Waals surface area contributed by atoms with Crippen molar-refractivity contribution in [2.24, 2.45) is 0 Å². The molecule has 5 nitrogen and oxygen atoms in total. The van der Waals surface area contributed by atoms with E-state index in [4.69, 9.17) is 4.74 Å². The van der Waals surface area contributed by atoms with Gasteiger partial charge in [0.2, 0.25) is 5.91 Å². The molecule has 0 unspecified atom stereocenters. The number of carbonyl (C=O) groups is 2. The summed E-state index contributed by atoms with van der Waals surface area (Å²) in [6.45, 7) is 8.47. The lowest BCUT2D eigenvalue weighted by molar-refractivity contribution is -0.134. The minimum Gasteiger partial charge on any atom is -0.484 e. The number of hydrogen-bond donors (Lipinski definition) is 0. The Morgan fingerprint density at radius 1 is 1.04 bits per heavy atom. The van der Waals surface area contributed by atoms with Crippen molar-refractivity contribution >= 4 is 11.8 Å². The first-order valence-corrected chi connectivity index (χ1v) is 8.23. The van der Waals surface area contributed by atoms with Crippen LogP contribution in [-0.4, -0.2) is 54.4 Å². The first kappa shape index (κ1) is 17.3. The normalized spacial score (nSPS) is 15.5. The van der Waals surface area contributed by atoms with Crippen LogP contribution in [0.5, 0.6) is 5.75 Å². The van der Waals surface area contributed by atoms with Crippen LogP contribution in [0.1, 0.15) is 38.7 Å². The number of benzene rings is 1. The SMILES string of the molecule is CC(=O)N1CCCN(C(=O)COc2ccc(C(C)C)cc2)CC1. The Hall–Kier alpha value is -2.04. The zero-order valence-electron chi connectivity index (χ0n) is 14.2. The molecular weight excluding hydrogens is 292 g/mol. The maximum Gasteiger partial charge on any atom is 0.260 e. The molecule has 2 amide bonds. The van der Waals surface area contributed by atoms with Crippen LogP contribution in [-0.2, 0) is 9.59 Å². The fourth-order valence-electron chi connectivity index (χ4n) is 2.67. The second kappa shape index (κ2) is 7.99. The van der Waals surface area contributed by atoms with Crippen molar-refractivity contribution in [2.45, 2.75) is 33.1 Å². The maximum absolute atomic E-state index is 12.3. The van der Waals surface area contributed by atoms with E-state index in [-0.39, 0.29) is 18.4 Å². The number of rotatable bonds is 4. The summed E-state index contributed by atoms with van der Waals surface area (Å²) >= 11 is 0. The van der Waals surface area contributed by atoms with Crippen molar-refractivity contribution in [3.05, 3.63) is 29.8 Å². The van der Waals surface area contributed by atoms with E-state index in [0.29, 0.717) is 31.3 Å². The second-order valence-electron chi connectivity index (χ2n) is 6.25. The number of ether oxygens (including phenoxy) is 1. The first-order valence-electron chi connectivity index (χ1n) is 8.23. The van der Waals surface area contributed by atoms with Crippen LogP contribution in [0.2, 0.25) is 0 Å². The van der Waals surface area contributed by atoms with E-state index in [2.05, 4.69) is 13.8 Å². The molecule has 1 aromatic carbocycles. The quantitative estimate of drug-likeness (QED) is 0.856. The number of amides is 2. The molecule has 0 atom stereocenters. The van der Waals surface area contributed by atoms with Gasteiger partial charge in [-0.2, -0.15) is 0 Å². The Kier molecular flexibility index (Phi) is 6.02. The van der Waals surface area contributed by atoms with Gasteiger partial charge in [-0.3, -0.25) is 9.59 Å². The molecule has 126 valence electrons. The lowest BCUT2D eigenvalue weighted by Gasteiger charge is -2.21. The van der Waals surface area contributed by atoms with Crippen molar-refractivity contribution < 1.29 is 14.3 Å². The molecule has 0 radical (unpaired) electrons. The van der Waals surface area contributed by atoms with E-state index < -0.39 is 0 Å². The monoisotopic (exact) mass is 318 g/mol. The van der Waals surface area contributed by atoms with Gasteiger partial charge in [-0.25, -0.2) is 0 Å². The van der Waals surface area contributed by atoms with E-state index in [1.165, 1.54) is 5.56 Å². The average molecular weight is 318 g/mol. The van der Waals surface area contributed by atoms with Gasteiger partial charge in [-0.1, -0.05) is 26.0 Å². The van der Waals surface area contributed by atoms with Crippen LogP contribution in [0, 0.1) is 0 Å². The van der Waals surface area contributed by atoms with Crippen LogP contribution in [0.3, 0.4) is 0 Å². The molecule has 5 heteroatoms. The molecule has 1 fully saturated rings. The van der Waals surface area contributed by atoms with Crippen LogP contribution in [0.15, 0.2) is 24.3 Å². The van der Waals surface area contributed by atoms with E-state index in [1.807, 2.05) is 24.3 Å². The molecule has 2 rings (SSSR count). The van der Waals surface area contributed by atoms with Gasteiger partial charge in [-0.05, 0) is 30.0 Å². The van der Waals surface area contributed by atoms with Crippen molar-refractivity contribution in [3.63, 3.8) is 0 Å². The zero-order valence-corrected chi connectivity index (χ0v) is 14.2. The Bertz CT molecular complexity index is 540. The Labute approximate surface area is 138 Å². The Morgan fingerprint density at radius 2 is 1.65 bits per heavy atom. The second-order valence-corrected chi connectivity index (χ2v) is 6.25. The van der Waals surface area contributed by atoms with Crippen LogP contribution in [0.25, 0.3) is 0 Å². The molecule has 1 aliphatic heterocycles. The van der Waals surface area contributed by atoms with Gasteiger partial charge >= 0.3 is 0 Å². The molecule has 0 spiro atoms. The standard InChI is InChI=1S/C18H26N2O3/c1-14(2)16-5-7-17(8-6-16)23-13-18(22)20-10-4-9-19(11-12-20)15(3)21/h5-8,14H,4,9-13H2,1-3H3. The molecule has 0 saturated carbocycles. The van der Waals surface area contributed by atoms with Gasteiger partial charge in [-0.15, -0.1) is 0 Å². The highest BCUT2D eigenvalue weighted by atomic mass is 16.5. The summed E-state index contributed by atoms with van der Waals surface area (Å²) in [5, 5.41) is 0. The summed E-state index contributed by atoms with van der Waals surface area (Å²) in [5.74, 6) is 1.24. The predicted molar refractivity (Wildman–Crippen MR) is 89.5 cm³/mol. The summed E-state index contributed by atoms with van der Waals surface area (Å²) in [4.78, 5) is 27.3. The third kappa shape index (κ3) is 4.98. The Balaban J connectivity index is 1.83. The zero-order chi connectivity index (χ0) is 16.8. The largest absolute Gasteiger partial charge is 0.484 e. The van der Waals surface area contributed by atoms with Gasteiger partial charge in [0.25, 0.3) is 5.91 Å². The summed E-state index contributed by atoms with van der Waals surface area (Å²) in [6.07, 6.45) is 0.814.